The number of carbonyl (C=O) groups excluding carboxylic acids is 4. The molecule has 0 spiro atoms. The van der Waals surface area contributed by atoms with Gasteiger partial charge in [0.1, 0.15) is 11.5 Å². The zero-order valence-electron chi connectivity index (χ0n) is 21.5. The molecule has 2 heterocycles. The van der Waals surface area contributed by atoms with Gasteiger partial charge in [-0.3, -0.25) is 19.2 Å². The molecule has 4 aliphatic carbocycles. The molecule has 6 aliphatic rings. The first kappa shape index (κ1) is 24.4. The second-order valence-electron chi connectivity index (χ2n) is 11.3. The number of hydrogen-bond acceptors (Lipinski definition) is 6. The van der Waals surface area contributed by atoms with Gasteiger partial charge in [0.05, 0.1) is 36.2 Å². The van der Waals surface area contributed by atoms with Crippen LogP contribution in [0, 0.1) is 48.3 Å². The van der Waals surface area contributed by atoms with Crippen molar-refractivity contribution in [3.63, 3.8) is 0 Å². The Labute approximate surface area is 230 Å². The second kappa shape index (κ2) is 8.68. The van der Waals surface area contributed by atoms with E-state index in [0.717, 1.165) is 6.42 Å². The fourth-order valence-corrected chi connectivity index (χ4v) is 7.47. The number of benzene rings is 2. The zero-order chi connectivity index (χ0) is 27.2. The molecule has 2 saturated heterocycles. The van der Waals surface area contributed by atoms with Gasteiger partial charge in [0.15, 0.2) is 0 Å². The summed E-state index contributed by atoms with van der Waals surface area (Å²) in [7, 11) is 1.51. The highest BCUT2D eigenvalue weighted by atomic mass is 35.5. The van der Waals surface area contributed by atoms with Gasteiger partial charge in [0.25, 0.3) is 0 Å². The number of ether oxygens (including phenoxy) is 2. The maximum atomic E-state index is 13.5. The van der Waals surface area contributed by atoms with Crippen molar-refractivity contribution in [1.29, 1.82) is 0 Å². The summed E-state index contributed by atoms with van der Waals surface area (Å²) in [5, 5.41) is 0.454. The van der Waals surface area contributed by atoms with Crippen LogP contribution >= 0.6 is 11.6 Å². The van der Waals surface area contributed by atoms with E-state index in [4.69, 9.17) is 21.1 Å². The van der Waals surface area contributed by atoms with Gasteiger partial charge in [-0.05, 0) is 79.0 Å². The molecule has 8 rings (SSSR count). The number of halogens is 1. The topological polar surface area (TPSA) is 93.2 Å². The molecule has 8 nitrogen and oxygen atoms in total. The van der Waals surface area contributed by atoms with Crippen LogP contribution in [0.25, 0.3) is 0 Å². The lowest BCUT2D eigenvalue weighted by Gasteiger charge is -2.37. The van der Waals surface area contributed by atoms with E-state index < -0.39 is 11.9 Å². The molecule has 2 bridgehead atoms. The summed E-state index contributed by atoms with van der Waals surface area (Å²) < 4.78 is 11.0. The van der Waals surface area contributed by atoms with Gasteiger partial charge in [-0.2, -0.15) is 0 Å². The summed E-state index contributed by atoms with van der Waals surface area (Å²) in [6.45, 7) is 1.94. The number of allylic oxidation sites excluding steroid dienone is 2. The summed E-state index contributed by atoms with van der Waals surface area (Å²) >= 11 is 6.13. The van der Waals surface area contributed by atoms with E-state index in [2.05, 4.69) is 12.2 Å². The lowest BCUT2D eigenvalue weighted by Crippen LogP contribution is -2.40. The number of carbonyl (C=O) groups is 4. The Morgan fingerprint density at radius 1 is 0.949 bits per heavy atom. The van der Waals surface area contributed by atoms with Gasteiger partial charge >= 0.3 is 5.97 Å². The molecule has 200 valence electrons. The van der Waals surface area contributed by atoms with Crippen molar-refractivity contribution in [1.82, 2.24) is 0 Å². The van der Waals surface area contributed by atoms with Crippen LogP contribution in [0.2, 0.25) is 5.02 Å². The van der Waals surface area contributed by atoms with E-state index in [1.165, 1.54) is 16.9 Å². The molecule has 0 unspecified atom stereocenters. The van der Waals surface area contributed by atoms with Gasteiger partial charge in [-0.25, -0.2) is 4.90 Å². The highest BCUT2D eigenvalue weighted by Crippen LogP contribution is 2.65. The molecular weight excluding hydrogens is 520 g/mol. The third-order valence-electron chi connectivity index (χ3n) is 9.18. The molecule has 0 radical (unpaired) electrons. The highest BCUT2D eigenvalue weighted by Gasteiger charge is 2.67. The van der Waals surface area contributed by atoms with Gasteiger partial charge < -0.3 is 14.4 Å². The molecule has 3 amide bonds. The number of hydrogen-bond donors (Lipinski definition) is 0. The first-order chi connectivity index (χ1) is 18.8. The second-order valence-corrected chi connectivity index (χ2v) is 11.7. The van der Waals surface area contributed by atoms with Crippen LogP contribution in [0.3, 0.4) is 0 Å². The van der Waals surface area contributed by atoms with Crippen LogP contribution in [0.5, 0.6) is 11.5 Å². The number of esters is 1. The molecule has 2 aliphatic heterocycles. The van der Waals surface area contributed by atoms with Crippen molar-refractivity contribution in [2.75, 3.05) is 23.5 Å². The van der Waals surface area contributed by atoms with E-state index in [1.807, 2.05) is 0 Å². The largest absolute Gasteiger partial charge is 0.495 e. The predicted molar refractivity (Wildman–Crippen MR) is 142 cm³/mol. The summed E-state index contributed by atoms with van der Waals surface area (Å²) in [6, 6.07) is 9.91. The number of amides is 3. The summed E-state index contributed by atoms with van der Waals surface area (Å²) in [5.41, 5.74) is 1.70. The summed E-state index contributed by atoms with van der Waals surface area (Å²) in [5.74, 6) is -0.0150. The Kier molecular flexibility index (Phi) is 5.43. The van der Waals surface area contributed by atoms with E-state index >= 15 is 0 Å². The number of anilines is 2. The SMILES string of the molecule is COc1ccc(Cl)cc1N1C[C@H](C(=O)Oc2ccc(N3C(=O)[C@@H]4[C@H]5C=C[C@@H]([C@@H]6C[C@H]56)[C@@H]4C3=O)c(C)c2)CC1=O. The molecule has 2 aromatic rings. The number of nitrogens with zero attached hydrogens (tertiary/aromatic N) is 2. The summed E-state index contributed by atoms with van der Waals surface area (Å²) in [4.78, 5) is 55.5. The predicted octanol–water partition coefficient (Wildman–Crippen LogP) is 4.17. The van der Waals surface area contributed by atoms with E-state index in [9.17, 15) is 19.2 Å². The maximum absolute atomic E-state index is 13.5. The Hall–Kier alpha value is -3.65. The maximum Gasteiger partial charge on any atom is 0.316 e. The fraction of sp³-hybridized carbons (Fsp3) is 0.400. The Morgan fingerprint density at radius 3 is 2.28 bits per heavy atom. The van der Waals surface area contributed by atoms with Crippen molar-refractivity contribution in [3.8, 4) is 11.5 Å². The molecule has 4 fully saturated rings. The number of imide groups is 1. The molecule has 2 saturated carbocycles. The van der Waals surface area contributed by atoms with Gasteiger partial charge in [0, 0.05) is 18.0 Å². The first-order valence-corrected chi connectivity index (χ1v) is 13.7. The van der Waals surface area contributed by atoms with Crippen LogP contribution in [0.4, 0.5) is 11.4 Å². The lowest BCUT2D eigenvalue weighted by atomic mass is 9.63. The van der Waals surface area contributed by atoms with Crippen LogP contribution in [0.15, 0.2) is 48.6 Å². The average molecular weight is 547 g/mol. The van der Waals surface area contributed by atoms with Gasteiger partial charge in [0.2, 0.25) is 17.7 Å². The minimum absolute atomic E-state index is 0.00345. The molecule has 2 aromatic carbocycles. The van der Waals surface area contributed by atoms with Crippen LogP contribution in [-0.2, 0) is 19.2 Å². The van der Waals surface area contributed by atoms with Crippen LogP contribution in [0.1, 0.15) is 18.4 Å². The van der Waals surface area contributed by atoms with Crippen molar-refractivity contribution >= 4 is 46.7 Å². The quantitative estimate of drug-likeness (QED) is 0.242. The van der Waals surface area contributed by atoms with Crippen LogP contribution in [-0.4, -0.2) is 37.3 Å². The van der Waals surface area contributed by atoms with Gasteiger partial charge in [-0.15, -0.1) is 0 Å². The highest BCUT2D eigenvalue weighted by molar-refractivity contribution is 6.31. The minimum Gasteiger partial charge on any atom is -0.495 e. The average Bonchev–Trinajstić information content (AvgIpc) is 3.60. The Morgan fingerprint density at radius 2 is 1.64 bits per heavy atom. The van der Waals surface area contributed by atoms with Crippen molar-refractivity contribution in [3.05, 3.63) is 59.1 Å². The third kappa shape index (κ3) is 3.64. The van der Waals surface area contributed by atoms with Crippen LogP contribution < -0.4 is 19.3 Å². The Bertz CT molecular complexity index is 1450. The molecule has 39 heavy (non-hydrogen) atoms. The molecular formula is C30H27ClN2O6. The normalized spacial score (nSPS) is 32.0. The van der Waals surface area contributed by atoms with E-state index in [-0.39, 0.29) is 54.4 Å². The van der Waals surface area contributed by atoms with Crippen molar-refractivity contribution < 1.29 is 28.7 Å². The molecule has 7 atom stereocenters. The minimum atomic E-state index is -0.666. The van der Waals surface area contributed by atoms with Crippen molar-refractivity contribution in [2.45, 2.75) is 19.8 Å². The standard InChI is InChI=1S/C30H27ClN2O6/c1-14-9-17(39-30(37)15-10-25(34)32(13-15)23-11-16(31)3-8-24(23)38-2)4-7-22(14)33-28(35)26-18-5-6-19(21-12-20(18)21)27(26)29(33)36/h3-9,11,15,18-21,26-27H,10,12-13H2,1-2H3/t15-,18+,19+,20-,21+,26-,27+/m1/s1. The fourth-order valence-electron chi connectivity index (χ4n) is 7.31. The Balaban J connectivity index is 1.07. The number of methoxy groups -OCH3 is 1. The summed E-state index contributed by atoms with van der Waals surface area (Å²) in [6.07, 6.45) is 5.43. The zero-order valence-corrected chi connectivity index (χ0v) is 22.3. The molecule has 0 N–H and O–H groups in total. The van der Waals surface area contributed by atoms with Crippen molar-refractivity contribution in [2.24, 2.45) is 41.4 Å². The van der Waals surface area contributed by atoms with E-state index in [0.29, 0.717) is 45.3 Å². The van der Waals surface area contributed by atoms with E-state index in [1.54, 1.807) is 43.3 Å². The monoisotopic (exact) mass is 546 g/mol. The van der Waals surface area contributed by atoms with Gasteiger partial charge in [-0.1, -0.05) is 23.8 Å². The number of aryl methyl sites for hydroxylation is 1. The molecule has 0 aromatic heterocycles. The third-order valence-corrected chi connectivity index (χ3v) is 9.42. The smallest absolute Gasteiger partial charge is 0.316 e. The lowest BCUT2D eigenvalue weighted by molar-refractivity contribution is -0.139. The number of rotatable bonds is 5. The molecule has 9 heteroatoms. The first-order valence-electron chi connectivity index (χ1n) is 13.3.